The predicted molar refractivity (Wildman–Crippen MR) is 111 cm³/mol. The van der Waals surface area contributed by atoms with Gasteiger partial charge in [-0.15, -0.1) is 0 Å². The van der Waals surface area contributed by atoms with Crippen LogP contribution in [0.1, 0.15) is 52.5 Å². The van der Waals surface area contributed by atoms with Crippen LogP contribution < -0.4 is 9.62 Å². The fourth-order valence-corrected chi connectivity index (χ4v) is 3.93. The predicted octanol–water partition coefficient (Wildman–Crippen LogP) is 3.26. The molecule has 1 aromatic carbocycles. The summed E-state index contributed by atoms with van der Waals surface area (Å²) in [5.74, 6) is 0. The Morgan fingerprint density at radius 2 is 1.74 bits per heavy atom. The maximum Gasteiger partial charge on any atom is 0.251 e. The molecule has 0 saturated heterocycles. The number of nitrogens with one attached hydrogen (secondary N) is 1. The molecule has 0 aliphatic carbocycles. The SMILES string of the molecule is CCCN(CCC)c1ccc(/C(C)=C(\C#N)S(=O)(=O)NCC(O)CC)cc1. The minimum atomic E-state index is -3.97. The van der Waals surface area contributed by atoms with Crippen LogP contribution in [0.15, 0.2) is 29.2 Å². The molecule has 1 aromatic rings. The van der Waals surface area contributed by atoms with Crippen molar-refractivity contribution < 1.29 is 13.5 Å². The van der Waals surface area contributed by atoms with Gasteiger partial charge in [0.25, 0.3) is 10.0 Å². The number of aliphatic hydroxyl groups is 1. The summed E-state index contributed by atoms with van der Waals surface area (Å²) in [6.07, 6.45) is 1.75. The first-order valence-electron chi connectivity index (χ1n) is 9.44. The molecule has 0 aromatic heterocycles. The number of rotatable bonds is 11. The largest absolute Gasteiger partial charge is 0.392 e. The summed E-state index contributed by atoms with van der Waals surface area (Å²) in [4.78, 5) is 1.97. The number of nitrogens with zero attached hydrogens (tertiary/aromatic N) is 2. The van der Waals surface area contributed by atoms with E-state index in [0.717, 1.165) is 31.6 Å². The van der Waals surface area contributed by atoms with Gasteiger partial charge in [-0.2, -0.15) is 5.26 Å². The van der Waals surface area contributed by atoms with E-state index in [1.807, 2.05) is 24.3 Å². The lowest BCUT2D eigenvalue weighted by Crippen LogP contribution is -2.32. The molecule has 0 radical (unpaired) electrons. The summed E-state index contributed by atoms with van der Waals surface area (Å²) >= 11 is 0. The minimum Gasteiger partial charge on any atom is -0.392 e. The van der Waals surface area contributed by atoms with E-state index in [1.54, 1.807) is 19.9 Å². The average Bonchev–Trinajstić information content (AvgIpc) is 2.66. The third-order valence-corrected chi connectivity index (χ3v) is 5.83. The summed E-state index contributed by atoms with van der Waals surface area (Å²) in [6, 6.07) is 9.40. The Kier molecular flexibility index (Phi) is 9.50. The molecule has 27 heavy (non-hydrogen) atoms. The molecule has 1 atom stereocenters. The topological polar surface area (TPSA) is 93.4 Å². The number of allylic oxidation sites excluding steroid dienone is 2. The molecule has 0 spiro atoms. The van der Waals surface area contributed by atoms with Gasteiger partial charge in [0, 0.05) is 25.3 Å². The quantitative estimate of drug-likeness (QED) is 0.563. The first-order chi connectivity index (χ1) is 12.8. The first kappa shape index (κ1) is 23.2. The van der Waals surface area contributed by atoms with Crippen LogP contribution in [0.4, 0.5) is 5.69 Å². The van der Waals surface area contributed by atoms with Gasteiger partial charge in [0.2, 0.25) is 0 Å². The molecule has 0 aliphatic heterocycles. The van der Waals surface area contributed by atoms with Crippen molar-refractivity contribution in [3.05, 3.63) is 34.7 Å². The van der Waals surface area contributed by atoms with Crippen molar-refractivity contribution in [1.29, 1.82) is 5.26 Å². The van der Waals surface area contributed by atoms with Gasteiger partial charge < -0.3 is 10.0 Å². The molecule has 2 N–H and O–H groups in total. The zero-order chi connectivity index (χ0) is 20.4. The number of benzene rings is 1. The Morgan fingerprint density at radius 3 is 2.19 bits per heavy atom. The van der Waals surface area contributed by atoms with Gasteiger partial charge in [-0.25, -0.2) is 13.1 Å². The zero-order valence-corrected chi connectivity index (χ0v) is 17.5. The van der Waals surface area contributed by atoms with E-state index in [4.69, 9.17) is 0 Å². The summed E-state index contributed by atoms with van der Waals surface area (Å²) in [7, 11) is -3.97. The molecule has 6 nitrogen and oxygen atoms in total. The lowest BCUT2D eigenvalue weighted by Gasteiger charge is -2.24. The average molecular weight is 394 g/mol. The second-order valence-corrected chi connectivity index (χ2v) is 8.22. The highest BCUT2D eigenvalue weighted by atomic mass is 32.2. The van der Waals surface area contributed by atoms with E-state index in [-0.39, 0.29) is 11.4 Å². The molecule has 0 bridgehead atoms. The number of aliphatic hydroxyl groups excluding tert-OH is 1. The monoisotopic (exact) mass is 393 g/mol. The molecule has 0 aliphatic rings. The third kappa shape index (κ3) is 6.65. The fraction of sp³-hybridized carbons (Fsp3) is 0.550. The second kappa shape index (κ2) is 11.1. The van der Waals surface area contributed by atoms with Crippen LogP contribution in [0, 0.1) is 11.3 Å². The second-order valence-electron chi connectivity index (χ2n) is 6.51. The van der Waals surface area contributed by atoms with Crippen molar-refractivity contribution in [2.45, 2.75) is 53.1 Å². The van der Waals surface area contributed by atoms with Crippen LogP contribution in [-0.2, 0) is 10.0 Å². The molecule has 1 unspecified atom stereocenters. The molecule has 0 saturated carbocycles. The van der Waals surface area contributed by atoms with E-state index in [9.17, 15) is 18.8 Å². The number of anilines is 1. The molecule has 0 amide bonds. The van der Waals surface area contributed by atoms with Crippen LogP contribution in [0.25, 0.3) is 5.57 Å². The van der Waals surface area contributed by atoms with Crippen LogP contribution in [0.3, 0.4) is 0 Å². The fourth-order valence-electron chi connectivity index (χ4n) is 2.73. The molecule has 0 fully saturated rings. The van der Waals surface area contributed by atoms with Crippen molar-refractivity contribution in [2.75, 3.05) is 24.5 Å². The summed E-state index contributed by atoms with van der Waals surface area (Å²) in [5.41, 5.74) is 2.16. The Labute approximate surface area is 163 Å². The molecular formula is C20H31N3O3S. The van der Waals surface area contributed by atoms with Crippen molar-refractivity contribution in [3.63, 3.8) is 0 Å². The normalized spacial score (nSPS) is 13.6. The maximum atomic E-state index is 12.4. The zero-order valence-electron chi connectivity index (χ0n) is 16.7. The van der Waals surface area contributed by atoms with Crippen molar-refractivity contribution >= 4 is 21.3 Å². The molecule has 0 heterocycles. The highest BCUT2D eigenvalue weighted by Crippen LogP contribution is 2.24. The molecular weight excluding hydrogens is 362 g/mol. The Bertz CT molecular complexity index is 759. The first-order valence-corrected chi connectivity index (χ1v) is 10.9. The highest BCUT2D eigenvalue weighted by molar-refractivity contribution is 7.93. The Morgan fingerprint density at radius 1 is 1.19 bits per heavy atom. The lowest BCUT2D eigenvalue weighted by molar-refractivity contribution is 0.174. The summed E-state index contributed by atoms with van der Waals surface area (Å²) in [5, 5.41) is 19.0. The number of hydrogen-bond acceptors (Lipinski definition) is 5. The van der Waals surface area contributed by atoms with Gasteiger partial charge in [-0.3, -0.25) is 0 Å². The van der Waals surface area contributed by atoms with Crippen LogP contribution in [0.2, 0.25) is 0 Å². The molecule has 7 heteroatoms. The third-order valence-electron chi connectivity index (χ3n) is 4.34. The van der Waals surface area contributed by atoms with Gasteiger partial charge in [-0.1, -0.05) is 32.9 Å². The van der Waals surface area contributed by atoms with E-state index in [1.165, 1.54) is 0 Å². The Balaban J connectivity index is 3.12. The van der Waals surface area contributed by atoms with E-state index in [2.05, 4.69) is 23.5 Å². The van der Waals surface area contributed by atoms with Gasteiger partial charge in [-0.05, 0) is 49.5 Å². The summed E-state index contributed by atoms with van der Waals surface area (Å²) in [6.45, 7) is 9.46. The Hall–Kier alpha value is -1.88. The van der Waals surface area contributed by atoms with Crippen molar-refractivity contribution in [3.8, 4) is 6.07 Å². The lowest BCUT2D eigenvalue weighted by atomic mass is 10.1. The van der Waals surface area contributed by atoms with Gasteiger partial charge in [0.15, 0.2) is 4.91 Å². The van der Waals surface area contributed by atoms with Crippen LogP contribution in [-0.4, -0.2) is 39.3 Å². The number of hydrogen-bond donors (Lipinski definition) is 2. The van der Waals surface area contributed by atoms with Gasteiger partial charge in [0.05, 0.1) is 6.10 Å². The van der Waals surface area contributed by atoms with Crippen molar-refractivity contribution in [2.24, 2.45) is 0 Å². The number of sulfonamides is 1. The van der Waals surface area contributed by atoms with Gasteiger partial charge >= 0.3 is 0 Å². The van der Waals surface area contributed by atoms with E-state index < -0.39 is 16.1 Å². The van der Waals surface area contributed by atoms with Crippen LogP contribution >= 0.6 is 0 Å². The smallest absolute Gasteiger partial charge is 0.251 e. The molecule has 150 valence electrons. The minimum absolute atomic E-state index is 0.112. The van der Waals surface area contributed by atoms with Gasteiger partial charge in [0.1, 0.15) is 6.07 Å². The van der Waals surface area contributed by atoms with E-state index in [0.29, 0.717) is 17.6 Å². The highest BCUT2D eigenvalue weighted by Gasteiger charge is 2.22. The maximum absolute atomic E-state index is 12.4. The standard InChI is InChI=1S/C20H31N3O3S/c1-5-12-23(13-6-2)18-10-8-17(9-11-18)16(4)20(14-21)27(25,26)22-15-19(24)7-3/h8-11,19,22,24H,5-7,12-13,15H2,1-4H3/b20-16+. The summed E-state index contributed by atoms with van der Waals surface area (Å²) < 4.78 is 27.2. The van der Waals surface area contributed by atoms with Crippen LogP contribution in [0.5, 0.6) is 0 Å². The van der Waals surface area contributed by atoms with E-state index >= 15 is 0 Å². The van der Waals surface area contributed by atoms with Crippen molar-refractivity contribution in [1.82, 2.24) is 4.72 Å². The number of nitriles is 1. The molecule has 1 rings (SSSR count).